The fourth-order valence-corrected chi connectivity index (χ4v) is 2.60. The smallest absolute Gasteiger partial charge is 0.339 e. The maximum Gasteiger partial charge on any atom is 0.417 e. The molecule has 2 aromatic rings. The zero-order chi connectivity index (χ0) is 20.9. The Hall–Kier alpha value is -3.10. The van der Waals surface area contributed by atoms with Gasteiger partial charge in [0.15, 0.2) is 0 Å². The molecular formula is C19H20F3N3O3. The maximum absolute atomic E-state index is 12.8. The Morgan fingerprint density at radius 2 is 1.79 bits per heavy atom. The predicted molar refractivity (Wildman–Crippen MR) is 98.0 cm³/mol. The van der Waals surface area contributed by atoms with Crippen molar-refractivity contribution < 1.29 is 22.8 Å². The molecule has 0 bridgehead atoms. The van der Waals surface area contributed by atoms with Gasteiger partial charge in [0.05, 0.1) is 5.56 Å². The molecule has 6 nitrogen and oxygen atoms in total. The molecule has 0 aliphatic heterocycles. The van der Waals surface area contributed by atoms with Crippen molar-refractivity contribution in [1.29, 1.82) is 0 Å². The summed E-state index contributed by atoms with van der Waals surface area (Å²) in [5.74, 6) is -0.885. The molecule has 28 heavy (non-hydrogen) atoms. The molecule has 0 aliphatic rings. The van der Waals surface area contributed by atoms with Crippen molar-refractivity contribution in [1.82, 2.24) is 9.47 Å². The van der Waals surface area contributed by atoms with E-state index in [0.29, 0.717) is 41.2 Å². The van der Waals surface area contributed by atoms with Crippen LogP contribution in [0.25, 0.3) is 0 Å². The number of aromatic nitrogens is 1. The molecule has 0 atom stereocenters. The molecule has 150 valence electrons. The molecule has 2 amide bonds. The first-order valence-corrected chi connectivity index (χ1v) is 8.62. The van der Waals surface area contributed by atoms with Gasteiger partial charge in [0.1, 0.15) is 6.54 Å². The first-order valence-electron chi connectivity index (χ1n) is 8.62. The number of anilines is 1. The van der Waals surface area contributed by atoms with Crippen molar-refractivity contribution in [3.63, 3.8) is 0 Å². The van der Waals surface area contributed by atoms with Gasteiger partial charge in [-0.15, -0.1) is 0 Å². The number of rotatable bonds is 6. The first-order chi connectivity index (χ1) is 13.2. The third-order valence-corrected chi connectivity index (χ3v) is 4.07. The average Bonchev–Trinajstić information content (AvgIpc) is 2.63. The van der Waals surface area contributed by atoms with Crippen LogP contribution < -0.4 is 10.9 Å². The lowest BCUT2D eigenvalue weighted by Crippen LogP contribution is -2.30. The molecule has 0 saturated carbocycles. The maximum atomic E-state index is 12.8. The lowest BCUT2D eigenvalue weighted by molar-refractivity contribution is -0.138. The van der Waals surface area contributed by atoms with E-state index in [1.807, 2.05) is 13.8 Å². The topological polar surface area (TPSA) is 71.4 Å². The summed E-state index contributed by atoms with van der Waals surface area (Å²) in [5, 5.41) is 2.50. The van der Waals surface area contributed by atoms with Gasteiger partial charge >= 0.3 is 6.18 Å². The molecule has 0 aliphatic carbocycles. The number of nitrogens with one attached hydrogen (secondary N) is 1. The highest BCUT2D eigenvalue weighted by atomic mass is 19.4. The van der Waals surface area contributed by atoms with Gasteiger partial charge in [0.25, 0.3) is 11.5 Å². The number of hydrogen-bond donors (Lipinski definition) is 1. The van der Waals surface area contributed by atoms with Gasteiger partial charge in [0, 0.05) is 36.6 Å². The molecule has 0 fully saturated rings. The molecule has 9 heteroatoms. The van der Waals surface area contributed by atoms with Crippen molar-refractivity contribution in [2.45, 2.75) is 26.6 Å². The predicted octanol–water partition coefficient (Wildman–Crippen LogP) is 2.99. The van der Waals surface area contributed by atoms with Crippen LogP contribution in [-0.2, 0) is 17.5 Å². The Kier molecular flexibility index (Phi) is 6.61. The van der Waals surface area contributed by atoms with E-state index in [0.717, 1.165) is 6.07 Å². The number of pyridine rings is 1. The minimum atomic E-state index is -4.62. The molecule has 1 heterocycles. The lowest BCUT2D eigenvalue weighted by Gasteiger charge is -2.19. The zero-order valence-corrected chi connectivity index (χ0v) is 15.4. The second-order valence-electron chi connectivity index (χ2n) is 5.99. The molecule has 0 unspecified atom stereocenters. The van der Waals surface area contributed by atoms with Gasteiger partial charge in [-0.2, -0.15) is 13.2 Å². The molecule has 1 aromatic carbocycles. The third kappa shape index (κ3) is 5.21. The minimum absolute atomic E-state index is 0.199. The summed E-state index contributed by atoms with van der Waals surface area (Å²) in [6.07, 6.45) is -4.02. The van der Waals surface area contributed by atoms with Gasteiger partial charge in [-0.25, -0.2) is 0 Å². The Bertz CT molecular complexity index is 918. The van der Waals surface area contributed by atoms with Crippen molar-refractivity contribution >= 4 is 17.5 Å². The first kappa shape index (κ1) is 21.2. The highest BCUT2D eigenvalue weighted by Gasteiger charge is 2.31. The molecule has 1 aromatic heterocycles. The van der Waals surface area contributed by atoms with Crippen LogP contribution in [0.2, 0.25) is 0 Å². The third-order valence-electron chi connectivity index (χ3n) is 4.07. The van der Waals surface area contributed by atoms with Gasteiger partial charge in [0.2, 0.25) is 5.91 Å². The fourth-order valence-electron chi connectivity index (χ4n) is 2.60. The molecular weight excluding hydrogens is 375 g/mol. The molecule has 0 spiro atoms. The summed E-state index contributed by atoms with van der Waals surface area (Å²) in [5.41, 5.74) is -1.07. The van der Waals surface area contributed by atoms with E-state index in [1.165, 1.54) is 6.07 Å². The molecule has 0 saturated heterocycles. The second kappa shape index (κ2) is 8.73. The van der Waals surface area contributed by atoms with E-state index in [-0.39, 0.29) is 5.91 Å². The normalized spacial score (nSPS) is 11.2. The molecule has 1 N–H and O–H groups in total. The van der Waals surface area contributed by atoms with Crippen LogP contribution in [0.3, 0.4) is 0 Å². The van der Waals surface area contributed by atoms with Crippen molar-refractivity contribution in [2.75, 3.05) is 18.4 Å². The number of carbonyl (C=O) groups is 2. The Labute approximate surface area is 159 Å². The minimum Gasteiger partial charge on any atom is -0.339 e. The summed E-state index contributed by atoms with van der Waals surface area (Å²) in [6, 6.07) is 7.65. The summed E-state index contributed by atoms with van der Waals surface area (Å²) in [6.45, 7) is 4.17. The quantitative estimate of drug-likeness (QED) is 0.818. The van der Waals surface area contributed by atoms with Crippen molar-refractivity contribution in [3.05, 3.63) is 64.1 Å². The van der Waals surface area contributed by atoms with Crippen LogP contribution in [-0.4, -0.2) is 34.4 Å². The lowest BCUT2D eigenvalue weighted by atomic mass is 10.1. The summed E-state index contributed by atoms with van der Waals surface area (Å²) in [4.78, 5) is 37.9. The van der Waals surface area contributed by atoms with E-state index in [2.05, 4.69) is 5.32 Å². The van der Waals surface area contributed by atoms with Crippen molar-refractivity contribution in [3.8, 4) is 0 Å². The largest absolute Gasteiger partial charge is 0.417 e. The molecule has 2 rings (SSSR count). The number of nitrogens with zero attached hydrogens (tertiary/aromatic N) is 2. The zero-order valence-electron chi connectivity index (χ0n) is 15.4. The summed E-state index contributed by atoms with van der Waals surface area (Å²) >= 11 is 0. The van der Waals surface area contributed by atoms with Gasteiger partial charge in [-0.1, -0.05) is 6.07 Å². The van der Waals surface area contributed by atoms with Crippen LogP contribution in [0.15, 0.2) is 47.4 Å². The van der Waals surface area contributed by atoms with E-state index in [9.17, 15) is 27.6 Å². The number of hydrogen-bond acceptors (Lipinski definition) is 3. The van der Waals surface area contributed by atoms with Crippen LogP contribution >= 0.6 is 0 Å². The SMILES string of the molecule is CCN(CC)C(=O)c1cccc(NC(=O)Cn2cc(C(F)(F)F)ccc2=O)c1. The number of alkyl halides is 3. The Balaban J connectivity index is 2.15. The monoisotopic (exact) mass is 395 g/mol. The van der Waals surface area contributed by atoms with Gasteiger partial charge in [-0.05, 0) is 38.1 Å². The van der Waals surface area contributed by atoms with Gasteiger partial charge < -0.3 is 14.8 Å². The highest BCUT2D eigenvalue weighted by molar-refractivity contribution is 5.97. The van der Waals surface area contributed by atoms with E-state index in [4.69, 9.17) is 0 Å². The average molecular weight is 395 g/mol. The second-order valence-corrected chi connectivity index (χ2v) is 5.99. The van der Waals surface area contributed by atoms with Crippen LogP contribution in [0, 0.1) is 0 Å². The highest BCUT2D eigenvalue weighted by Crippen LogP contribution is 2.28. The summed E-state index contributed by atoms with van der Waals surface area (Å²) < 4.78 is 39.0. The number of carbonyl (C=O) groups excluding carboxylic acids is 2. The summed E-state index contributed by atoms with van der Waals surface area (Å²) in [7, 11) is 0. The van der Waals surface area contributed by atoms with Crippen molar-refractivity contribution in [2.24, 2.45) is 0 Å². The Morgan fingerprint density at radius 3 is 2.39 bits per heavy atom. The number of benzene rings is 1. The van der Waals surface area contributed by atoms with Gasteiger partial charge in [-0.3, -0.25) is 14.4 Å². The van der Waals surface area contributed by atoms with E-state index < -0.39 is 29.8 Å². The number of halogens is 3. The molecule has 0 radical (unpaired) electrons. The fraction of sp³-hybridized carbons (Fsp3) is 0.316. The Morgan fingerprint density at radius 1 is 1.11 bits per heavy atom. The van der Waals surface area contributed by atoms with Crippen LogP contribution in [0.1, 0.15) is 29.8 Å². The van der Waals surface area contributed by atoms with E-state index in [1.54, 1.807) is 23.1 Å². The van der Waals surface area contributed by atoms with Crippen LogP contribution in [0.4, 0.5) is 18.9 Å². The van der Waals surface area contributed by atoms with E-state index >= 15 is 0 Å². The standard InChI is InChI=1S/C19H20F3N3O3/c1-3-24(4-2)18(28)13-6-5-7-15(10-13)23-16(26)12-25-11-14(19(20,21)22)8-9-17(25)27/h5-11H,3-4,12H2,1-2H3,(H,23,26). The number of amides is 2. The van der Waals surface area contributed by atoms with Crippen LogP contribution in [0.5, 0.6) is 0 Å².